The number of hydrogen-bond donors (Lipinski definition) is 1. The molecule has 3 rings (SSSR count). The van der Waals surface area contributed by atoms with Crippen molar-refractivity contribution in [2.45, 2.75) is 17.6 Å². The van der Waals surface area contributed by atoms with E-state index in [9.17, 15) is 26.4 Å². The molecular formula is C20H21F3N2O5S. The highest BCUT2D eigenvalue weighted by Gasteiger charge is 2.36. The van der Waals surface area contributed by atoms with Crippen LogP contribution >= 0.6 is 0 Å². The molecule has 0 radical (unpaired) electrons. The van der Waals surface area contributed by atoms with Crippen molar-refractivity contribution < 1.29 is 36.2 Å². The predicted molar refractivity (Wildman–Crippen MR) is 105 cm³/mol. The van der Waals surface area contributed by atoms with Gasteiger partial charge in [-0.2, -0.15) is 17.5 Å². The third-order valence-corrected chi connectivity index (χ3v) is 6.80. The first-order valence-corrected chi connectivity index (χ1v) is 10.8. The molecular weight excluding hydrogens is 437 g/mol. The fraction of sp³-hybridized carbons (Fsp3) is 0.350. The third-order valence-electron chi connectivity index (χ3n) is 4.88. The smallest absolute Gasteiger partial charge is 0.416 e. The van der Waals surface area contributed by atoms with E-state index in [1.165, 1.54) is 22.5 Å². The van der Waals surface area contributed by atoms with E-state index in [0.29, 0.717) is 0 Å². The van der Waals surface area contributed by atoms with Crippen molar-refractivity contribution in [1.29, 1.82) is 0 Å². The highest BCUT2D eigenvalue weighted by molar-refractivity contribution is 7.89. The molecule has 1 fully saturated rings. The van der Waals surface area contributed by atoms with Crippen molar-refractivity contribution >= 4 is 16.0 Å². The van der Waals surface area contributed by atoms with Crippen LogP contribution < -0.4 is 4.74 Å². The van der Waals surface area contributed by atoms with E-state index in [0.717, 1.165) is 12.1 Å². The monoisotopic (exact) mass is 458 g/mol. The van der Waals surface area contributed by atoms with Gasteiger partial charge >= 0.3 is 12.1 Å². The fourth-order valence-corrected chi connectivity index (χ4v) is 4.81. The fourth-order valence-electron chi connectivity index (χ4n) is 3.36. The molecule has 31 heavy (non-hydrogen) atoms. The molecule has 1 aliphatic heterocycles. The van der Waals surface area contributed by atoms with Crippen molar-refractivity contribution in [2.75, 3.05) is 32.8 Å². The van der Waals surface area contributed by atoms with Crippen LogP contribution in [-0.2, 0) is 27.5 Å². The zero-order valence-electron chi connectivity index (χ0n) is 16.4. The van der Waals surface area contributed by atoms with E-state index in [-0.39, 0.29) is 48.9 Å². The van der Waals surface area contributed by atoms with Gasteiger partial charge in [-0.25, -0.2) is 13.2 Å². The van der Waals surface area contributed by atoms with E-state index in [2.05, 4.69) is 0 Å². The van der Waals surface area contributed by atoms with Gasteiger partial charge in [0.15, 0.2) is 6.61 Å². The highest BCUT2D eigenvalue weighted by atomic mass is 32.2. The summed E-state index contributed by atoms with van der Waals surface area (Å²) in [4.78, 5) is 12.6. The molecule has 1 N–H and O–H groups in total. The van der Waals surface area contributed by atoms with Gasteiger partial charge in [-0.1, -0.05) is 24.3 Å². The van der Waals surface area contributed by atoms with Gasteiger partial charge in [0.2, 0.25) is 10.0 Å². The van der Waals surface area contributed by atoms with Gasteiger partial charge in [0, 0.05) is 38.3 Å². The lowest BCUT2D eigenvalue weighted by Gasteiger charge is -2.34. The maximum Gasteiger partial charge on any atom is 0.416 e. The minimum Gasteiger partial charge on any atom is -0.482 e. The molecule has 1 heterocycles. The van der Waals surface area contributed by atoms with Gasteiger partial charge in [0.1, 0.15) is 5.75 Å². The van der Waals surface area contributed by atoms with E-state index in [1.54, 1.807) is 23.1 Å². The summed E-state index contributed by atoms with van der Waals surface area (Å²) in [5, 5.41) is 8.80. The molecule has 0 aromatic heterocycles. The SMILES string of the molecule is O=C(O)COc1cccc(C(F)(F)F)c1CN1CCN(S(=O)(=O)c2ccccc2)CC1. The van der Waals surface area contributed by atoms with Gasteiger partial charge in [0.05, 0.1) is 10.5 Å². The van der Waals surface area contributed by atoms with Crippen LogP contribution in [0, 0.1) is 0 Å². The second kappa shape index (κ2) is 9.25. The van der Waals surface area contributed by atoms with Crippen molar-refractivity contribution in [1.82, 2.24) is 9.21 Å². The molecule has 0 amide bonds. The number of carboxylic acid groups (broad SMARTS) is 1. The summed E-state index contributed by atoms with van der Waals surface area (Å²) >= 11 is 0. The number of benzene rings is 2. The topological polar surface area (TPSA) is 87.2 Å². The van der Waals surface area contributed by atoms with E-state index in [1.807, 2.05) is 0 Å². The zero-order chi connectivity index (χ0) is 22.6. The Morgan fingerprint density at radius 3 is 2.23 bits per heavy atom. The van der Waals surface area contributed by atoms with Crippen molar-refractivity contribution in [2.24, 2.45) is 0 Å². The van der Waals surface area contributed by atoms with Crippen LogP contribution in [0.2, 0.25) is 0 Å². The van der Waals surface area contributed by atoms with Crippen LogP contribution in [-0.4, -0.2) is 61.5 Å². The Labute approximate surface area is 177 Å². The molecule has 0 bridgehead atoms. The Kier molecular flexibility index (Phi) is 6.87. The number of rotatable bonds is 7. The molecule has 0 aliphatic carbocycles. The minimum absolute atomic E-state index is 0.122. The lowest BCUT2D eigenvalue weighted by atomic mass is 10.0. The summed E-state index contributed by atoms with van der Waals surface area (Å²) in [6.45, 7) is -0.234. The maximum absolute atomic E-state index is 13.5. The summed E-state index contributed by atoms with van der Waals surface area (Å²) in [7, 11) is -3.68. The Hall–Kier alpha value is -2.63. The molecule has 0 atom stereocenters. The number of carboxylic acids is 1. The van der Waals surface area contributed by atoms with E-state index >= 15 is 0 Å². The predicted octanol–water partition coefficient (Wildman–Crippen LogP) is 2.68. The Morgan fingerprint density at radius 2 is 1.65 bits per heavy atom. The molecule has 2 aromatic rings. The number of nitrogens with zero attached hydrogens (tertiary/aromatic N) is 2. The summed E-state index contributed by atoms with van der Waals surface area (Å²) in [5.74, 6) is -1.46. The quantitative estimate of drug-likeness (QED) is 0.687. The largest absolute Gasteiger partial charge is 0.482 e. The first-order chi connectivity index (χ1) is 14.6. The van der Waals surface area contributed by atoms with Crippen molar-refractivity contribution in [3.8, 4) is 5.75 Å². The molecule has 0 saturated carbocycles. The molecule has 168 valence electrons. The van der Waals surface area contributed by atoms with Gasteiger partial charge in [-0.05, 0) is 24.3 Å². The van der Waals surface area contributed by atoms with Gasteiger partial charge in [-0.15, -0.1) is 0 Å². The number of sulfonamides is 1. The number of hydrogen-bond acceptors (Lipinski definition) is 5. The Bertz CT molecular complexity index is 1020. The van der Waals surface area contributed by atoms with Crippen LogP contribution in [0.5, 0.6) is 5.75 Å². The average molecular weight is 458 g/mol. The molecule has 11 heteroatoms. The Balaban J connectivity index is 1.76. The first kappa shape index (κ1) is 23.0. The van der Waals surface area contributed by atoms with Crippen molar-refractivity contribution in [3.63, 3.8) is 0 Å². The summed E-state index contributed by atoms with van der Waals surface area (Å²) in [6, 6.07) is 11.3. The lowest BCUT2D eigenvalue weighted by Crippen LogP contribution is -2.48. The number of piperazine rings is 1. The molecule has 1 saturated heterocycles. The highest BCUT2D eigenvalue weighted by Crippen LogP contribution is 2.37. The van der Waals surface area contributed by atoms with Crippen LogP contribution in [0.3, 0.4) is 0 Å². The van der Waals surface area contributed by atoms with Crippen LogP contribution in [0.25, 0.3) is 0 Å². The number of alkyl halides is 3. The number of aliphatic carboxylic acids is 1. The normalized spacial score (nSPS) is 16.2. The maximum atomic E-state index is 13.5. The zero-order valence-corrected chi connectivity index (χ0v) is 17.2. The molecule has 1 aliphatic rings. The molecule has 0 spiro atoms. The molecule has 2 aromatic carbocycles. The standard InChI is InChI=1S/C20H21F3N2O5S/c21-20(22,23)17-7-4-8-18(30-14-19(26)27)16(17)13-24-9-11-25(12-10-24)31(28,29)15-5-2-1-3-6-15/h1-8H,9-14H2,(H,26,27). The molecule has 7 nitrogen and oxygen atoms in total. The van der Waals surface area contributed by atoms with Crippen LogP contribution in [0.1, 0.15) is 11.1 Å². The van der Waals surface area contributed by atoms with E-state index < -0.39 is 34.3 Å². The van der Waals surface area contributed by atoms with Gasteiger partial charge in [-0.3, -0.25) is 4.90 Å². The second-order valence-corrected chi connectivity index (χ2v) is 8.89. The summed E-state index contributed by atoms with van der Waals surface area (Å²) < 4.78 is 72.4. The van der Waals surface area contributed by atoms with Gasteiger partial charge in [0.25, 0.3) is 0 Å². The van der Waals surface area contributed by atoms with Crippen LogP contribution in [0.4, 0.5) is 13.2 Å². The summed E-state index contributed by atoms with van der Waals surface area (Å²) in [5.41, 5.74) is -1.08. The third kappa shape index (κ3) is 5.54. The summed E-state index contributed by atoms with van der Waals surface area (Å²) in [6.07, 6.45) is -4.64. The molecule has 0 unspecified atom stereocenters. The first-order valence-electron chi connectivity index (χ1n) is 9.40. The lowest BCUT2D eigenvalue weighted by molar-refractivity contribution is -0.139. The number of carbonyl (C=O) groups is 1. The van der Waals surface area contributed by atoms with Crippen LogP contribution in [0.15, 0.2) is 53.4 Å². The van der Waals surface area contributed by atoms with Crippen molar-refractivity contribution in [3.05, 3.63) is 59.7 Å². The second-order valence-electron chi connectivity index (χ2n) is 6.96. The number of ether oxygens (including phenoxy) is 1. The average Bonchev–Trinajstić information content (AvgIpc) is 2.73. The minimum atomic E-state index is -4.64. The van der Waals surface area contributed by atoms with Gasteiger partial charge < -0.3 is 9.84 Å². The number of halogens is 3. The Morgan fingerprint density at radius 1 is 1.00 bits per heavy atom. The van der Waals surface area contributed by atoms with E-state index in [4.69, 9.17) is 9.84 Å².